The predicted molar refractivity (Wildman–Crippen MR) is 83.0 cm³/mol. The van der Waals surface area contributed by atoms with Crippen molar-refractivity contribution < 1.29 is 14.7 Å². The fourth-order valence-electron chi connectivity index (χ4n) is 2.35. The first-order valence-electron chi connectivity index (χ1n) is 7.05. The zero-order valence-corrected chi connectivity index (χ0v) is 12.5. The van der Waals surface area contributed by atoms with Gasteiger partial charge in [0.15, 0.2) is 0 Å². The van der Waals surface area contributed by atoms with E-state index in [2.05, 4.69) is 4.98 Å². The number of nitrogens with one attached hydrogen (secondary N) is 1. The molecule has 1 aromatic carbocycles. The summed E-state index contributed by atoms with van der Waals surface area (Å²) in [6.07, 6.45) is -0.134. The Morgan fingerprint density at radius 2 is 1.95 bits per heavy atom. The van der Waals surface area contributed by atoms with Crippen molar-refractivity contribution in [3.8, 4) is 0 Å². The molecule has 0 aliphatic heterocycles. The molecule has 2 N–H and O–H groups in total. The van der Waals surface area contributed by atoms with E-state index in [1.807, 2.05) is 13.8 Å². The number of benzene rings is 1. The summed E-state index contributed by atoms with van der Waals surface area (Å²) in [6.45, 7) is 3.73. The molecule has 0 aliphatic carbocycles. The number of carbonyl (C=O) groups is 2. The van der Waals surface area contributed by atoms with Crippen LogP contribution in [-0.4, -0.2) is 39.5 Å². The molecule has 0 spiro atoms. The largest absolute Gasteiger partial charge is 0.481 e. The van der Waals surface area contributed by atoms with Crippen LogP contribution < -0.4 is 5.56 Å². The number of hydrogen-bond donors (Lipinski definition) is 2. The number of fused-ring (bicyclic) bond motifs is 1. The smallest absolute Gasteiger partial charge is 0.305 e. The summed E-state index contributed by atoms with van der Waals surface area (Å²) in [4.78, 5) is 39.4. The summed E-state index contributed by atoms with van der Waals surface area (Å²) in [5.74, 6) is -1.30. The van der Waals surface area contributed by atoms with E-state index in [0.29, 0.717) is 16.5 Å². The average Bonchev–Trinajstić information content (AvgIpc) is 2.45. The van der Waals surface area contributed by atoms with Gasteiger partial charge in [-0.2, -0.15) is 0 Å². The van der Waals surface area contributed by atoms with Gasteiger partial charge in [-0.3, -0.25) is 14.4 Å². The number of carboxylic acid groups (broad SMARTS) is 1. The minimum absolute atomic E-state index is 0.104. The van der Waals surface area contributed by atoms with Crippen LogP contribution in [0.2, 0.25) is 0 Å². The molecule has 1 heterocycles. The Hall–Kier alpha value is -2.63. The van der Waals surface area contributed by atoms with Crippen LogP contribution in [0.3, 0.4) is 0 Å². The van der Waals surface area contributed by atoms with Crippen LogP contribution in [0, 0.1) is 0 Å². The van der Waals surface area contributed by atoms with Crippen molar-refractivity contribution in [1.82, 2.24) is 9.88 Å². The van der Waals surface area contributed by atoms with Crippen LogP contribution in [0.5, 0.6) is 0 Å². The quantitative estimate of drug-likeness (QED) is 0.882. The molecule has 1 aromatic heterocycles. The van der Waals surface area contributed by atoms with Crippen LogP contribution in [0.4, 0.5) is 0 Å². The number of amides is 1. The lowest BCUT2D eigenvalue weighted by Crippen LogP contribution is -2.39. The molecule has 2 aromatic rings. The minimum Gasteiger partial charge on any atom is -0.481 e. The zero-order chi connectivity index (χ0) is 16.3. The predicted octanol–water partition coefficient (Wildman–Crippen LogP) is 1.85. The number of pyridine rings is 1. The summed E-state index contributed by atoms with van der Waals surface area (Å²) >= 11 is 0. The van der Waals surface area contributed by atoms with Gasteiger partial charge in [-0.05, 0) is 19.9 Å². The molecule has 0 radical (unpaired) electrons. The van der Waals surface area contributed by atoms with E-state index >= 15 is 0 Å². The molecular weight excluding hydrogens is 284 g/mol. The second-order valence-electron chi connectivity index (χ2n) is 5.33. The van der Waals surface area contributed by atoms with Gasteiger partial charge in [0.2, 0.25) is 5.56 Å². The van der Waals surface area contributed by atoms with Crippen LogP contribution >= 0.6 is 0 Å². The number of aromatic amines is 1. The van der Waals surface area contributed by atoms with Crippen molar-refractivity contribution in [3.63, 3.8) is 0 Å². The number of rotatable bonds is 5. The molecule has 6 heteroatoms. The van der Waals surface area contributed by atoms with Crippen LogP contribution in [0.1, 0.15) is 30.6 Å². The molecule has 0 aliphatic rings. The number of hydrogen-bond acceptors (Lipinski definition) is 3. The lowest BCUT2D eigenvalue weighted by Gasteiger charge is -2.26. The van der Waals surface area contributed by atoms with Crippen LogP contribution in [0.25, 0.3) is 10.9 Å². The first-order valence-corrected chi connectivity index (χ1v) is 7.05. The maximum absolute atomic E-state index is 12.7. The van der Waals surface area contributed by atoms with E-state index in [1.165, 1.54) is 11.0 Å². The van der Waals surface area contributed by atoms with Gasteiger partial charge in [0.25, 0.3) is 5.91 Å². The highest BCUT2D eigenvalue weighted by Gasteiger charge is 2.22. The molecule has 0 atom stereocenters. The maximum atomic E-state index is 12.7. The Balaban J connectivity index is 2.46. The summed E-state index contributed by atoms with van der Waals surface area (Å²) in [6, 6.07) is 8.15. The van der Waals surface area contributed by atoms with Gasteiger partial charge in [-0.15, -0.1) is 0 Å². The molecule has 0 fully saturated rings. The number of aliphatic carboxylic acids is 1. The Bertz CT molecular complexity index is 764. The summed E-state index contributed by atoms with van der Waals surface area (Å²) in [5, 5.41) is 9.47. The molecule has 2 rings (SSSR count). The lowest BCUT2D eigenvalue weighted by atomic mass is 10.1. The number of aromatic nitrogens is 1. The Morgan fingerprint density at radius 3 is 2.59 bits per heavy atom. The first-order chi connectivity index (χ1) is 10.4. The molecule has 6 nitrogen and oxygen atoms in total. The van der Waals surface area contributed by atoms with Crippen molar-refractivity contribution in [2.45, 2.75) is 26.3 Å². The van der Waals surface area contributed by atoms with E-state index in [9.17, 15) is 14.4 Å². The van der Waals surface area contributed by atoms with Crippen molar-refractivity contribution in [1.29, 1.82) is 0 Å². The van der Waals surface area contributed by atoms with Crippen molar-refractivity contribution in [2.75, 3.05) is 6.54 Å². The topological polar surface area (TPSA) is 90.5 Å². The standard InChI is InChI=1S/C16H18N2O4/c1-10(2)18(8-7-15(20)21)16(22)12-9-14(19)17-13-6-4-3-5-11(12)13/h3-6,9-10H,7-8H2,1-2H3,(H,17,19)(H,20,21). The number of para-hydroxylation sites is 1. The van der Waals surface area contributed by atoms with Gasteiger partial charge >= 0.3 is 5.97 Å². The van der Waals surface area contributed by atoms with E-state index < -0.39 is 5.97 Å². The first kappa shape index (κ1) is 15.8. The van der Waals surface area contributed by atoms with Crippen LogP contribution in [0.15, 0.2) is 35.1 Å². The van der Waals surface area contributed by atoms with Gasteiger partial charge in [0.1, 0.15) is 0 Å². The molecule has 116 valence electrons. The minimum atomic E-state index is -0.964. The fraction of sp³-hybridized carbons (Fsp3) is 0.312. The SMILES string of the molecule is CC(C)N(CCC(=O)O)C(=O)c1cc(=O)[nH]c2ccccc12. The Kier molecular flexibility index (Phi) is 4.60. The highest BCUT2D eigenvalue weighted by Crippen LogP contribution is 2.18. The second-order valence-corrected chi connectivity index (χ2v) is 5.33. The highest BCUT2D eigenvalue weighted by atomic mass is 16.4. The Labute approximate surface area is 127 Å². The van der Waals surface area contributed by atoms with Gasteiger partial charge in [-0.1, -0.05) is 18.2 Å². The third-order valence-electron chi connectivity index (χ3n) is 3.43. The molecule has 0 saturated heterocycles. The van der Waals surface area contributed by atoms with Gasteiger partial charge in [0.05, 0.1) is 12.0 Å². The van der Waals surface area contributed by atoms with Crippen molar-refractivity contribution in [2.24, 2.45) is 0 Å². The molecule has 22 heavy (non-hydrogen) atoms. The molecule has 0 saturated carbocycles. The average molecular weight is 302 g/mol. The van der Waals surface area contributed by atoms with E-state index in [0.717, 1.165) is 0 Å². The number of carboxylic acids is 1. The third kappa shape index (κ3) is 3.33. The zero-order valence-electron chi connectivity index (χ0n) is 12.5. The lowest BCUT2D eigenvalue weighted by molar-refractivity contribution is -0.137. The number of carbonyl (C=O) groups excluding carboxylic acids is 1. The number of H-pyrrole nitrogens is 1. The summed E-state index contributed by atoms with van der Waals surface area (Å²) in [7, 11) is 0. The molecular formula is C16H18N2O4. The van der Waals surface area contributed by atoms with E-state index in [4.69, 9.17) is 5.11 Å². The monoisotopic (exact) mass is 302 g/mol. The van der Waals surface area contributed by atoms with E-state index in [-0.39, 0.29) is 30.5 Å². The number of nitrogens with zero attached hydrogens (tertiary/aromatic N) is 1. The third-order valence-corrected chi connectivity index (χ3v) is 3.43. The van der Waals surface area contributed by atoms with E-state index in [1.54, 1.807) is 24.3 Å². The molecule has 0 bridgehead atoms. The highest BCUT2D eigenvalue weighted by molar-refractivity contribution is 6.06. The summed E-state index contributed by atoms with van der Waals surface area (Å²) < 4.78 is 0. The molecule has 0 unspecified atom stereocenters. The fourth-order valence-corrected chi connectivity index (χ4v) is 2.35. The van der Waals surface area contributed by atoms with Crippen LogP contribution in [-0.2, 0) is 4.79 Å². The molecule has 1 amide bonds. The van der Waals surface area contributed by atoms with Gasteiger partial charge in [0, 0.05) is 29.6 Å². The second kappa shape index (κ2) is 6.43. The Morgan fingerprint density at radius 1 is 1.27 bits per heavy atom. The van der Waals surface area contributed by atoms with Gasteiger partial charge < -0.3 is 15.0 Å². The normalized spacial score (nSPS) is 10.9. The maximum Gasteiger partial charge on any atom is 0.305 e. The summed E-state index contributed by atoms with van der Waals surface area (Å²) in [5.41, 5.74) is 0.516. The van der Waals surface area contributed by atoms with Crippen molar-refractivity contribution in [3.05, 3.63) is 46.2 Å². The van der Waals surface area contributed by atoms with Gasteiger partial charge in [-0.25, -0.2) is 0 Å². The van der Waals surface area contributed by atoms with Crippen molar-refractivity contribution >= 4 is 22.8 Å².